The minimum absolute atomic E-state index is 0.425. The van der Waals surface area contributed by atoms with Crippen LogP contribution in [0.4, 0.5) is 26.3 Å². The molecule has 6 aromatic rings. The van der Waals surface area contributed by atoms with E-state index in [-0.39, 0.29) is 0 Å². The number of benzene rings is 6. The first-order valence-electron chi connectivity index (χ1n) is 36.2. The predicted octanol–water partition coefficient (Wildman–Crippen LogP) is 27.4. The van der Waals surface area contributed by atoms with Crippen molar-refractivity contribution < 1.29 is 26.3 Å². The van der Waals surface area contributed by atoms with Crippen LogP contribution in [0.3, 0.4) is 0 Å². The van der Waals surface area contributed by atoms with E-state index in [0.717, 1.165) is 74.5 Å². The van der Waals surface area contributed by atoms with Crippen molar-refractivity contribution in [3.8, 4) is 0 Å². The molecule has 0 nitrogen and oxygen atoms in total. The Bertz CT molecular complexity index is 3090. The highest BCUT2D eigenvalue weighted by atomic mass is 19.2. The molecule has 0 heterocycles. The topological polar surface area (TPSA) is 0 Å². The summed E-state index contributed by atoms with van der Waals surface area (Å²) in [7, 11) is 0. The number of hydrogen-bond acceptors (Lipinski definition) is 0. The minimum Gasteiger partial charge on any atom is -0.204 e. The zero-order valence-electron chi connectivity index (χ0n) is 56.0. The highest BCUT2D eigenvalue weighted by Crippen LogP contribution is 2.40. The van der Waals surface area contributed by atoms with Crippen LogP contribution < -0.4 is 0 Å². The quantitative estimate of drug-likeness (QED) is 0.0279. The molecule has 0 N–H and O–H groups in total. The zero-order valence-corrected chi connectivity index (χ0v) is 56.0. The third kappa shape index (κ3) is 24.8. The number of allylic oxidation sites excluding steroid dienone is 6. The summed E-state index contributed by atoms with van der Waals surface area (Å²) in [6, 6.07) is 40.7. The van der Waals surface area contributed by atoms with E-state index in [2.05, 4.69) is 112 Å². The number of aryl methyl sites for hydroxylation is 3. The first-order valence-corrected chi connectivity index (χ1v) is 36.2. The van der Waals surface area contributed by atoms with Crippen LogP contribution in [0.15, 0.2) is 146 Å². The van der Waals surface area contributed by atoms with Gasteiger partial charge in [-0.2, -0.15) is 0 Å². The number of unbranched alkanes of at least 4 members (excludes halogenated alkanes) is 22. The van der Waals surface area contributed by atoms with Gasteiger partial charge in [-0.15, -0.1) is 0 Å². The lowest BCUT2D eigenvalue weighted by Gasteiger charge is -2.23. The second-order valence-corrected chi connectivity index (χ2v) is 26.7. The SMILES string of the molecule is CCCCCCCCCCCCc1ccc(C2CC=C(c3cccc(F)c3F)CC2)cc1.CCCCCCCCCCc1ccc(C2CC=C(c3cccc(F)c3F)CC2)cc1.CCCCCCCCCc1ccc(C2CC=C(c3cccc(F)c3F)CC2)cc1. The number of rotatable bonds is 34. The summed E-state index contributed by atoms with van der Waals surface area (Å²) >= 11 is 0. The van der Waals surface area contributed by atoms with Crippen LogP contribution in [0, 0.1) is 34.9 Å². The van der Waals surface area contributed by atoms with Crippen LogP contribution in [0.2, 0.25) is 0 Å². The molecular weight excluding hydrogens is 1130 g/mol. The molecule has 0 fully saturated rings. The summed E-state index contributed by atoms with van der Waals surface area (Å²) in [6.07, 6.45) is 51.8. The zero-order chi connectivity index (χ0) is 64.3. The monoisotopic (exact) mass is 1240 g/mol. The predicted molar refractivity (Wildman–Crippen MR) is 376 cm³/mol. The second kappa shape index (κ2) is 41.7. The highest BCUT2D eigenvalue weighted by molar-refractivity contribution is 5.69. The van der Waals surface area contributed by atoms with Gasteiger partial charge in [0.2, 0.25) is 0 Å². The van der Waals surface area contributed by atoms with Gasteiger partial charge in [0.05, 0.1) is 0 Å². The Hall–Kier alpha value is -5.88. The molecule has 0 bridgehead atoms. The maximum atomic E-state index is 14.1. The lowest BCUT2D eigenvalue weighted by atomic mass is 9.82. The van der Waals surface area contributed by atoms with Gasteiger partial charge >= 0.3 is 0 Å². The van der Waals surface area contributed by atoms with Gasteiger partial charge < -0.3 is 0 Å². The fourth-order valence-electron chi connectivity index (χ4n) is 13.8. The van der Waals surface area contributed by atoms with E-state index in [0.29, 0.717) is 34.4 Å². The van der Waals surface area contributed by atoms with Crippen molar-refractivity contribution in [2.24, 2.45) is 0 Å². The third-order valence-electron chi connectivity index (χ3n) is 19.7. The molecule has 0 aliphatic heterocycles. The molecular formula is C85H110F6. The van der Waals surface area contributed by atoms with Gasteiger partial charge in [-0.3, -0.25) is 0 Å². The highest BCUT2D eigenvalue weighted by Gasteiger charge is 2.23. The molecule has 6 heteroatoms. The second-order valence-electron chi connectivity index (χ2n) is 26.7. The molecule has 0 spiro atoms. The van der Waals surface area contributed by atoms with E-state index in [1.807, 2.05) is 0 Å². The average Bonchev–Trinajstić information content (AvgIpc) is 3.71. The van der Waals surface area contributed by atoms with E-state index in [4.69, 9.17) is 0 Å². The minimum atomic E-state index is -0.762. The van der Waals surface area contributed by atoms with Crippen molar-refractivity contribution >= 4 is 16.7 Å². The Morgan fingerprint density at radius 2 is 0.505 bits per heavy atom. The molecule has 3 aliphatic carbocycles. The van der Waals surface area contributed by atoms with E-state index < -0.39 is 34.9 Å². The van der Waals surface area contributed by atoms with Crippen LogP contribution >= 0.6 is 0 Å². The van der Waals surface area contributed by atoms with Crippen LogP contribution in [-0.4, -0.2) is 0 Å². The van der Waals surface area contributed by atoms with Crippen molar-refractivity contribution in [1.29, 1.82) is 0 Å². The standard InChI is InChI=1S/C30H40F2.C28H36F2.C27H34F2/c1-2-3-4-5-6-7-8-9-10-11-13-24-16-18-25(19-17-24)26-20-22-27(23-21-26)28-14-12-15-29(31)30(28)32;1-2-3-4-5-6-7-8-9-11-22-14-16-23(17-15-22)24-18-20-25(21-19-24)26-12-10-13-27(29)28(26)30;1-2-3-4-5-6-7-8-10-21-13-15-22(16-14-21)23-17-19-24(20-18-23)25-11-9-12-26(28)27(25)29/h12,14-19,22,26H,2-11,13,20-21,23H2,1H3;10,12-17,20,24H,2-9,11,18-19,21H2,1H3;9,11-16,19,23H,2-8,10,17-18,20H2,1H3. The molecule has 0 radical (unpaired) electrons. The van der Waals surface area contributed by atoms with Crippen molar-refractivity contribution in [1.82, 2.24) is 0 Å². The fraction of sp³-hybridized carbons (Fsp3) is 0.506. The molecule has 3 aliphatic rings. The van der Waals surface area contributed by atoms with E-state index in [9.17, 15) is 26.3 Å². The van der Waals surface area contributed by atoms with Gasteiger partial charge in [-0.05, 0) is 182 Å². The molecule has 0 amide bonds. The summed E-state index contributed by atoms with van der Waals surface area (Å²) in [5.41, 5.74) is 12.5. The molecule has 3 atom stereocenters. The van der Waals surface area contributed by atoms with Crippen LogP contribution in [0.1, 0.15) is 307 Å². The van der Waals surface area contributed by atoms with E-state index in [1.54, 1.807) is 36.4 Å². The summed E-state index contributed by atoms with van der Waals surface area (Å²) in [5, 5.41) is 0. The Kier molecular flexibility index (Phi) is 33.2. The molecule has 9 rings (SSSR count). The first-order chi connectivity index (χ1) is 44.6. The molecule has 3 unspecified atom stereocenters. The summed E-state index contributed by atoms with van der Waals surface area (Å²) < 4.78 is 82.7. The van der Waals surface area contributed by atoms with Crippen LogP contribution in [-0.2, 0) is 19.3 Å². The maximum absolute atomic E-state index is 14.1. The lowest BCUT2D eigenvalue weighted by Crippen LogP contribution is -2.05. The molecule has 6 aromatic carbocycles. The summed E-state index contributed by atoms with van der Waals surface area (Å²) in [6.45, 7) is 6.80. The van der Waals surface area contributed by atoms with Crippen molar-refractivity contribution in [3.63, 3.8) is 0 Å². The molecule has 0 aromatic heterocycles. The molecule has 492 valence electrons. The van der Waals surface area contributed by atoms with Gasteiger partial charge in [-0.1, -0.05) is 289 Å². The lowest BCUT2D eigenvalue weighted by molar-refractivity contribution is 0.505. The Morgan fingerprint density at radius 1 is 0.275 bits per heavy atom. The Morgan fingerprint density at radius 3 is 0.725 bits per heavy atom. The van der Waals surface area contributed by atoms with E-state index >= 15 is 0 Å². The fourth-order valence-corrected chi connectivity index (χ4v) is 13.8. The van der Waals surface area contributed by atoms with Crippen molar-refractivity contribution in [2.45, 2.75) is 276 Å². The van der Waals surface area contributed by atoms with Gasteiger partial charge in [0, 0.05) is 16.7 Å². The maximum Gasteiger partial charge on any atom is 0.166 e. The normalized spacial score (nSPS) is 16.5. The smallest absolute Gasteiger partial charge is 0.166 e. The Labute approximate surface area is 547 Å². The summed E-state index contributed by atoms with van der Waals surface area (Å²) in [4.78, 5) is 0. The third-order valence-corrected chi connectivity index (χ3v) is 19.7. The largest absolute Gasteiger partial charge is 0.204 e. The molecule has 0 saturated carbocycles. The van der Waals surface area contributed by atoms with Crippen LogP contribution in [0.25, 0.3) is 16.7 Å². The molecule has 91 heavy (non-hydrogen) atoms. The van der Waals surface area contributed by atoms with Crippen molar-refractivity contribution in [3.05, 3.63) is 231 Å². The van der Waals surface area contributed by atoms with E-state index in [1.165, 1.54) is 231 Å². The molecule has 0 saturated heterocycles. The average molecular weight is 1250 g/mol. The van der Waals surface area contributed by atoms with Gasteiger partial charge in [-0.25, -0.2) is 26.3 Å². The van der Waals surface area contributed by atoms with Crippen LogP contribution in [0.5, 0.6) is 0 Å². The van der Waals surface area contributed by atoms with Gasteiger partial charge in [0.25, 0.3) is 0 Å². The summed E-state index contributed by atoms with van der Waals surface area (Å²) in [5.74, 6) is -3.01. The van der Waals surface area contributed by atoms with Gasteiger partial charge in [0.1, 0.15) is 0 Å². The number of hydrogen-bond donors (Lipinski definition) is 0. The Balaban J connectivity index is 0.000000194. The van der Waals surface area contributed by atoms with Gasteiger partial charge in [0.15, 0.2) is 34.9 Å². The number of halogens is 6. The first kappa shape index (κ1) is 72.5. The van der Waals surface area contributed by atoms with Crippen molar-refractivity contribution in [2.75, 3.05) is 0 Å².